The molecule has 6 nitrogen and oxygen atoms in total. The Kier molecular flexibility index (Phi) is 7.47. The van der Waals surface area contributed by atoms with Gasteiger partial charge >= 0.3 is 0 Å². The number of hydrogen-bond donors (Lipinski definition) is 2. The molecule has 8 heteroatoms. The number of hydrogen-bond acceptors (Lipinski definition) is 5. The third-order valence-corrected chi connectivity index (χ3v) is 7.77. The molecule has 0 radical (unpaired) electrons. The molecule has 0 saturated carbocycles. The van der Waals surface area contributed by atoms with Crippen LogP contribution >= 0.6 is 15.9 Å². The minimum Gasteiger partial charge on any atom is -0.370 e. The first-order valence-electron chi connectivity index (χ1n) is 10.8. The molecule has 172 valence electrons. The number of nitrogens with one attached hydrogen (secondary N) is 1. The van der Waals surface area contributed by atoms with Gasteiger partial charge in [0.05, 0.1) is 17.5 Å². The van der Waals surface area contributed by atoms with E-state index in [9.17, 15) is 8.42 Å². The van der Waals surface area contributed by atoms with Gasteiger partial charge < -0.3 is 10.6 Å². The van der Waals surface area contributed by atoms with Crippen molar-refractivity contribution in [1.29, 1.82) is 0 Å². The van der Waals surface area contributed by atoms with Gasteiger partial charge in [0, 0.05) is 17.1 Å². The molecule has 0 amide bonds. The lowest BCUT2D eigenvalue weighted by Gasteiger charge is -2.31. The van der Waals surface area contributed by atoms with Crippen LogP contribution in [0.4, 0.5) is 0 Å². The minimum atomic E-state index is -3.71. The van der Waals surface area contributed by atoms with Gasteiger partial charge in [0.1, 0.15) is 0 Å². The fraction of sp³-hybridized carbons (Fsp3) is 0.240. The van der Waals surface area contributed by atoms with Crippen molar-refractivity contribution in [2.45, 2.75) is 29.8 Å². The zero-order valence-corrected chi connectivity index (χ0v) is 20.5. The van der Waals surface area contributed by atoms with Crippen LogP contribution in [0.3, 0.4) is 0 Å². The fourth-order valence-electron chi connectivity index (χ4n) is 4.06. The number of halogens is 1. The van der Waals surface area contributed by atoms with E-state index in [1.807, 2.05) is 53.4 Å². The standard InChI is InChI=1S/C25H27BrN4O2S/c26-21-11-13-24(14-12-21)33(31,32)29-22(15-19-7-3-1-4-8-19)18-30-23(17-28-25(30)27)16-20-9-5-2-6-10-20/h1-14,22-23,29H,15-18H2,(H2,27,28)/t22-,23-/m0/s1. The maximum absolute atomic E-state index is 13.2. The van der Waals surface area contributed by atoms with Gasteiger partial charge in [0.25, 0.3) is 0 Å². The van der Waals surface area contributed by atoms with Crippen LogP contribution in [0.15, 0.2) is 99.3 Å². The van der Waals surface area contributed by atoms with Crippen molar-refractivity contribution in [1.82, 2.24) is 9.62 Å². The predicted molar refractivity (Wildman–Crippen MR) is 136 cm³/mol. The summed E-state index contributed by atoms with van der Waals surface area (Å²) < 4.78 is 30.1. The summed E-state index contributed by atoms with van der Waals surface area (Å²) in [7, 11) is -3.71. The van der Waals surface area contributed by atoms with E-state index in [4.69, 9.17) is 5.73 Å². The second-order valence-corrected chi connectivity index (χ2v) is 10.8. The molecule has 33 heavy (non-hydrogen) atoms. The average molecular weight is 527 g/mol. The Labute approximate surface area is 203 Å². The predicted octanol–water partition coefficient (Wildman–Crippen LogP) is 3.58. The summed E-state index contributed by atoms with van der Waals surface area (Å²) in [4.78, 5) is 6.72. The maximum atomic E-state index is 13.2. The first kappa shape index (κ1) is 23.5. The Bertz CT molecular complexity index is 1190. The molecule has 3 aromatic carbocycles. The van der Waals surface area contributed by atoms with Crippen molar-refractivity contribution in [2.75, 3.05) is 13.1 Å². The molecule has 0 spiro atoms. The Morgan fingerprint density at radius 1 is 0.970 bits per heavy atom. The molecular formula is C25H27BrN4O2S. The van der Waals surface area contributed by atoms with Crippen molar-refractivity contribution in [2.24, 2.45) is 10.7 Å². The molecule has 1 aliphatic rings. The van der Waals surface area contributed by atoms with E-state index >= 15 is 0 Å². The van der Waals surface area contributed by atoms with E-state index in [0.29, 0.717) is 25.5 Å². The summed E-state index contributed by atoms with van der Waals surface area (Å²) in [6.45, 7) is 1.02. The minimum absolute atomic E-state index is 0.0860. The van der Waals surface area contributed by atoms with E-state index in [0.717, 1.165) is 16.5 Å². The number of nitrogens with zero attached hydrogens (tertiary/aromatic N) is 2. The highest BCUT2D eigenvalue weighted by atomic mass is 79.9. The molecule has 0 aromatic heterocycles. The monoisotopic (exact) mass is 526 g/mol. The summed E-state index contributed by atoms with van der Waals surface area (Å²) in [6.07, 6.45) is 1.33. The van der Waals surface area contributed by atoms with Crippen molar-refractivity contribution in [3.63, 3.8) is 0 Å². The smallest absolute Gasteiger partial charge is 0.240 e. The summed E-state index contributed by atoms with van der Waals surface area (Å²) in [5.41, 5.74) is 8.50. The maximum Gasteiger partial charge on any atom is 0.240 e. The van der Waals surface area contributed by atoms with Gasteiger partial charge in [-0.2, -0.15) is 0 Å². The summed E-state index contributed by atoms with van der Waals surface area (Å²) in [6, 6.07) is 26.4. The van der Waals surface area contributed by atoms with Crippen molar-refractivity contribution in [3.8, 4) is 0 Å². The molecule has 1 heterocycles. The van der Waals surface area contributed by atoms with Crippen molar-refractivity contribution in [3.05, 3.63) is 101 Å². The van der Waals surface area contributed by atoms with Crippen LogP contribution in [0.1, 0.15) is 11.1 Å². The van der Waals surface area contributed by atoms with Gasteiger partial charge in [-0.1, -0.05) is 76.6 Å². The lowest BCUT2D eigenvalue weighted by molar-refractivity contribution is 0.307. The Balaban J connectivity index is 1.56. The zero-order chi connectivity index (χ0) is 23.3. The van der Waals surface area contributed by atoms with Crippen molar-refractivity contribution < 1.29 is 8.42 Å². The van der Waals surface area contributed by atoms with Gasteiger partial charge in [-0.3, -0.25) is 4.99 Å². The number of guanidine groups is 1. The van der Waals surface area contributed by atoms with Gasteiger partial charge in [-0.25, -0.2) is 13.1 Å². The number of aliphatic imine (C=N–C) groups is 1. The van der Waals surface area contributed by atoms with Gasteiger partial charge in [-0.05, 0) is 48.2 Å². The second-order valence-electron chi connectivity index (χ2n) is 8.16. The normalized spacial score (nSPS) is 17.1. The van der Waals surface area contributed by atoms with Crippen molar-refractivity contribution >= 4 is 31.9 Å². The van der Waals surface area contributed by atoms with E-state index in [1.165, 1.54) is 5.56 Å². The van der Waals surface area contributed by atoms with Crippen LogP contribution in [0.2, 0.25) is 0 Å². The second kappa shape index (κ2) is 10.5. The number of nitrogens with two attached hydrogens (primary N) is 1. The summed E-state index contributed by atoms with van der Waals surface area (Å²) in [5.74, 6) is 0.455. The Morgan fingerprint density at radius 3 is 2.21 bits per heavy atom. The van der Waals surface area contributed by atoms with Crippen LogP contribution < -0.4 is 10.5 Å². The molecule has 0 fully saturated rings. The van der Waals surface area contributed by atoms with E-state index in [-0.39, 0.29) is 17.0 Å². The lowest BCUT2D eigenvalue weighted by Crippen LogP contribution is -2.51. The molecule has 4 rings (SSSR count). The van der Waals surface area contributed by atoms with E-state index < -0.39 is 10.0 Å². The highest BCUT2D eigenvalue weighted by molar-refractivity contribution is 9.10. The molecule has 1 aliphatic heterocycles. The van der Waals surface area contributed by atoms with Crippen LogP contribution in [0, 0.1) is 0 Å². The molecule has 3 aromatic rings. The topological polar surface area (TPSA) is 87.8 Å². The van der Waals surface area contributed by atoms with Gasteiger partial charge in [0.2, 0.25) is 10.0 Å². The first-order chi connectivity index (χ1) is 15.9. The van der Waals surface area contributed by atoms with Crippen LogP contribution in [-0.2, 0) is 22.9 Å². The highest BCUT2D eigenvalue weighted by Crippen LogP contribution is 2.19. The molecule has 2 atom stereocenters. The summed E-state index contributed by atoms with van der Waals surface area (Å²) >= 11 is 3.36. The van der Waals surface area contributed by atoms with E-state index in [2.05, 4.69) is 37.8 Å². The lowest BCUT2D eigenvalue weighted by atomic mass is 10.0. The molecule has 0 aliphatic carbocycles. The molecule has 3 N–H and O–H groups in total. The van der Waals surface area contributed by atoms with Gasteiger partial charge in [-0.15, -0.1) is 0 Å². The van der Waals surface area contributed by atoms with Crippen LogP contribution in [-0.4, -0.2) is 44.5 Å². The third kappa shape index (κ3) is 6.22. The van der Waals surface area contributed by atoms with Gasteiger partial charge in [0.15, 0.2) is 5.96 Å². The summed E-state index contributed by atoms with van der Waals surface area (Å²) in [5, 5.41) is 0. The number of rotatable bonds is 9. The molecule has 0 saturated heterocycles. The fourth-order valence-corrected chi connectivity index (χ4v) is 5.55. The first-order valence-corrected chi connectivity index (χ1v) is 13.1. The van der Waals surface area contributed by atoms with Crippen LogP contribution in [0.25, 0.3) is 0 Å². The quantitative estimate of drug-likeness (QED) is 0.446. The molecule has 0 bridgehead atoms. The zero-order valence-electron chi connectivity index (χ0n) is 18.1. The SMILES string of the molecule is NC1=NC[C@H](Cc2ccccc2)N1C[C@H](Cc1ccccc1)NS(=O)(=O)c1ccc(Br)cc1. The molecule has 0 unspecified atom stereocenters. The molecular weight excluding hydrogens is 500 g/mol. The largest absolute Gasteiger partial charge is 0.370 e. The number of benzene rings is 3. The van der Waals surface area contributed by atoms with E-state index in [1.54, 1.807) is 24.3 Å². The van der Waals surface area contributed by atoms with Crippen LogP contribution in [0.5, 0.6) is 0 Å². The highest BCUT2D eigenvalue weighted by Gasteiger charge is 2.30. The Morgan fingerprint density at radius 2 is 1.58 bits per heavy atom. The third-order valence-electron chi connectivity index (χ3n) is 5.70. The average Bonchev–Trinajstić information content (AvgIpc) is 3.14. The Hall–Kier alpha value is -2.68. The number of sulfonamides is 1.